The van der Waals surface area contributed by atoms with E-state index in [0.29, 0.717) is 29.8 Å². The van der Waals surface area contributed by atoms with Crippen LogP contribution >= 0.6 is 23.2 Å². The van der Waals surface area contributed by atoms with E-state index in [4.69, 9.17) is 23.2 Å². The third-order valence-electron chi connectivity index (χ3n) is 3.00. The maximum Gasteiger partial charge on any atom is 0.221 e. The first-order chi connectivity index (χ1) is 9.92. The van der Waals surface area contributed by atoms with Crippen LogP contribution in [0.2, 0.25) is 5.02 Å². The molecule has 0 saturated carbocycles. The topological polar surface area (TPSA) is 46.9 Å². The van der Waals surface area contributed by atoms with Gasteiger partial charge in [0.2, 0.25) is 5.91 Å². The summed E-state index contributed by atoms with van der Waals surface area (Å²) in [7, 11) is 0. The number of aromatic nitrogens is 2. The molecule has 0 saturated heterocycles. The first kappa shape index (κ1) is 16.0. The number of benzene rings is 1. The standard InChI is InChI=1S/C14H16Cl2FN3O/c1-8(2)18-14(21)3-4-20-12-5-9(16)10(17)6-11(12)19-13(20)7-15/h5-6,8H,3-4,7H2,1-2H3,(H,18,21). The van der Waals surface area contributed by atoms with Gasteiger partial charge in [0.15, 0.2) is 0 Å². The molecule has 0 aliphatic rings. The van der Waals surface area contributed by atoms with Gasteiger partial charge in [0.25, 0.3) is 0 Å². The van der Waals surface area contributed by atoms with Crippen LogP contribution in [0.1, 0.15) is 26.1 Å². The van der Waals surface area contributed by atoms with Crippen molar-refractivity contribution in [2.75, 3.05) is 0 Å². The highest BCUT2D eigenvalue weighted by Gasteiger charge is 2.14. The van der Waals surface area contributed by atoms with Gasteiger partial charge in [-0.25, -0.2) is 9.37 Å². The van der Waals surface area contributed by atoms with Gasteiger partial charge < -0.3 is 9.88 Å². The monoisotopic (exact) mass is 331 g/mol. The number of carbonyl (C=O) groups is 1. The number of hydrogen-bond donors (Lipinski definition) is 1. The van der Waals surface area contributed by atoms with Gasteiger partial charge >= 0.3 is 0 Å². The summed E-state index contributed by atoms with van der Waals surface area (Å²) in [5, 5.41) is 2.84. The van der Waals surface area contributed by atoms with Gasteiger partial charge in [-0.1, -0.05) is 11.6 Å². The second-order valence-electron chi connectivity index (χ2n) is 5.04. The van der Waals surface area contributed by atoms with Crippen LogP contribution in [0.3, 0.4) is 0 Å². The zero-order chi connectivity index (χ0) is 15.6. The fourth-order valence-electron chi connectivity index (χ4n) is 2.13. The number of alkyl halides is 1. The molecule has 0 fully saturated rings. The van der Waals surface area contributed by atoms with Crippen molar-refractivity contribution < 1.29 is 9.18 Å². The quantitative estimate of drug-likeness (QED) is 0.852. The van der Waals surface area contributed by atoms with Gasteiger partial charge in [0.1, 0.15) is 11.6 Å². The Bertz CT molecular complexity index is 670. The van der Waals surface area contributed by atoms with E-state index in [-0.39, 0.29) is 22.9 Å². The predicted octanol–water partition coefficient (Wildman–Crippen LogP) is 3.48. The van der Waals surface area contributed by atoms with Crippen molar-refractivity contribution in [3.63, 3.8) is 0 Å². The number of carbonyl (C=O) groups excluding carboxylic acids is 1. The number of halogens is 3. The number of aryl methyl sites for hydroxylation is 1. The number of nitrogens with one attached hydrogen (secondary N) is 1. The lowest BCUT2D eigenvalue weighted by Gasteiger charge is -2.10. The van der Waals surface area contributed by atoms with E-state index in [1.54, 1.807) is 4.57 Å². The summed E-state index contributed by atoms with van der Waals surface area (Å²) in [4.78, 5) is 16.0. The molecular weight excluding hydrogens is 316 g/mol. The zero-order valence-electron chi connectivity index (χ0n) is 11.8. The van der Waals surface area contributed by atoms with Crippen LogP contribution in [0.15, 0.2) is 12.1 Å². The van der Waals surface area contributed by atoms with Crippen molar-refractivity contribution in [3.05, 3.63) is 28.8 Å². The van der Waals surface area contributed by atoms with E-state index < -0.39 is 5.82 Å². The van der Waals surface area contributed by atoms with Crippen LogP contribution in [0.5, 0.6) is 0 Å². The Morgan fingerprint density at radius 3 is 2.81 bits per heavy atom. The average molecular weight is 332 g/mol. The number of rotatable bonds is 5. The molecule has 1 N–H and O–H groups in total. The van der Waals surface area contributed by atoms with Crippen LogP contribution in [-0.2, 0) is 17.2 Å². The molecule has 2 aromatic rings. The first-order valence-corrected chi connectivity index (χ1v) is 7.53. The van der Waals surface area contributed by atoms with Crippen molar-refractivity contribution in [2.45, 2.75) is 38.7 Å². The Morgan fingerprint density at radius 1 is 1.48 bits per heavy atom. The lowest BCUT2D eigenvalue weighted by molar-refractivity contribution is -0.121. The van der Waals surface area contributed by atoms with Crippen molar-refractivity contribution >= 4 is 40.1 Å². The van der Waals surface area contributed by atoms with Crippen LogP contribution in [0.4, 0.5) is 4.39 Å². The molecule has 7 heteroatoms. The van der Waals surface area contributed by atoms with Crippen molar-refractivity contribution in [1.29, 1.82) is 0 Å². The summed E-state index contributed by atoms with van der Waals surface area (Å²) in [5.41, 5.74) is 1.16. The molecule has 0 bridgehead atoms. The normalized spacial score (nSPS) is 11.3. The molecule has 0 atom stereocenters. The van der Waals surface area contributed by atoms with Gasteiger partial charge in [-0.2, -0.15) is 0 Å². The highest BCUT2D eigenvalue weighted by molar-refractivity contribution is 6.31. The molecule has 0 radical (unpaired) electrons. The summed E-state index contributed by atoms with van der Waals surface area (Å²) < 4.78 is 15.3. The molecule has 0 unspecified atom stereocenters. The highest BCUT2D eigenvalue weighted by Crippen LogP contribution is 2.24. The molecule has 114 valence electrons. The first-order valence-electron chi connectivity index (χ1n) is 6.62. The number of nitrogens with zero attached hydrogens (tertiary/aromatic N) is 2. The smallest absolute Gasteiger partial charge is 0.221 e. The van der Waals surface area contributed by atoms with Gasteiger partial charge in [-0.3, -0.25) is 4.79 Å². The van der Waals surface area contributed by atoms with Crippen molar-refractivity contribution in [3.8, 4) is 0 Å². The highest BCUT2D eigenvalue weighted by atomic mass is 35.5. The molecule has 1 heterocycles. The van der Waals surface area contributed by atoms with Gasteiger partial charge in [-0.15, -0.1) is 11.6 Å². The lowest BCUT2D eigenvalue weighted by Crippen LogP contribution is -2.30. The van der Waals surface area contributed by atoms with E-state index in [9.17, 15) is 9.18 Å². The summed E-state index contributed by atoms with van der Waals surface area (Å²) in [6.45, 7) is 4.22. The van der Waals surface area contributed by atoms with E-state index in [1.165, 1.54) is 12.1 Å². The minimum atomic E-state index is -0.521. The summed E-state index contributed by atoms with van der Waals surface area (Å²) in [5.74, 6) is 0.193. The van der Waals surface area contributed by atoms with E-state index in [2.05, 4.69) is 10.3 Å². The van der Waals surface area contributed by atoms with E-state index in [0.717, 1.165) is 0 Å². The van der Waals surface area contributed by atoms with Gasteiger partial charge in [0, 0.05) is 25.1 Å². The molecule has 4 nitrogen and oxygen atoms in total. The van der Waals surface area contributed by atoms with Crippen LogP contribution in [0, 0.1) is 5.82 Å². The maximum atomic E-state index is 13.5. The molecular formula is C14H16Cl2FN3O. The SMILES string of the molecule is CC(C)NC(=O)CCn1c(CCl)nc2cc(F)c(Cl)cc21. The number of imidazole rings is 1. The van der Waals surface area contributed by atoms with Crippen LogP contribution in [0.25, 0.3) is 11.0 Å². The van der Waals surface area contributed by atoms with Gasteiger partial charge in [0.05, 0.1) is 21.9 Å². The molecule has 2 rings (SSSR count). The Morgan fingerprint density at radius 2 is 2.19 bits per heavy atom. The fourth-order valence-corrected chi connectivity index (χ4v) is 2.49. The van der Waals surface area contributed by atoms with Crippen molar-refractivity contribution in [1.82, 2.24) is 14.9 Å². The third kappa shape index (κ3) is 3.66. The molecule has 1 aromatic carbocycles. The Balaban J connectivity index is 2.29. The minimum absolute atomic E-state index is 0.0244. The number of hydrogen-bond acceptors (Lipinski definition) is 2. The molecule has 1 aromatic heterocycles. The second kappa shape index (κ2) is 6.62. The summed E-state index contributed by atoms with van der Waals surface area (Å²) in [6, 6.07) is 2.88. The van der Waals surface area contributed by atoms with Crippen LogP contribution in [-0.4, -0.2) is 21.5 Å². The molecule has 1 amide bonds. The van der Waals surface area contributed by atoms with E-state index >= 15 is 0 Å². The predicted molar refractivity (Wildman–Crippen MR) is 82.2 cm³/mol. The third-order valence-corrected chi connectivity index (χ3v) is 3.53. The van der Waals surface area contributed by atoms with Crippen LogP contribution < -0.4 is 5.32 Å². The number of fused-ring (bicyclic) bond motifs is 1. The minimum Gasteiger partial charge on any atom is -0.354 e. The molecule has 0 aliphatic carbocycles. The Hall–Kier alpha value is -1.33. The largest absolute Gasteiger partial charge is 0.354 e. The Labute approximate surface area is 132 Å². The number of amides is 1. The molecule has 0 aliphatic heterocycles. The van der Waals surface area contributed by atoms with Gasteiger partial charge in [-0.05, 0) is 19.9 Å². The summed E-state index contributed by atoms with van der Waals surface area (Å²) >= 11 is 11.7. The summed E-state index contributed by atoms with van der Waals surface area (Å²) in [6.07, 6.45) is 0.294. The van der Waals surface area contributed by atoms with Crippen molar-refractivity contribution in [2.24, 2.45) is 0 Å². The maximum absolute atomic E-state index is 13.5. The Kier molecular flexibility index (Phi) is 5.06. The van der Waals surface area contributed by atoms with E-state index in [1.807, 2.05) is 13.8 Å². The fraction of sp³-hybridized carbons (Fsp3) is 0.429. The lowest BCUT2D eigenvalue weighted by atomic mass is 10.3. The average Bonchev–Trinajstić information content (AvgIpc) is 2.73. The zero-order valence-corrected chi connectivity index (χ0v) is 13.3. The second-order valence-corrected chi connectivity index (χ2v) is 5.72. The molecule has 21 heavy (non-hydrogen) atoms. The molecule has 0 spiro atoms.